The quantitative estimate of drug-likeness (QED) is 0.369. The highest BCUT2D eigenvalue weighted by atomic mass is 16.4. The molecule has 0 unspecified atom stereocenters. The number of carboxylic acids is 1. The van der Waals surface area contributed by atoms with Gasteiger partial charge in [0.2, 0.25) is 5.91 Å². The lowest BCUT2D eigenvalue weighted by Gasteiger charge is -2.25. The number of unbranched alkanes of at least 4 members (excludes halogenated alkanes) is 8. The molecule has 1 amide bonds. The summed E-state index contributed by atoms with van der Waals surface area (Å²) in [6.07, 6.45) is 14.5. The predicted molar refractivity (Wildman–Crippen MR) is 95.5 cm³/mol. The summed E-state index contributed by atoms with van der Waals surface area (Å²) >= 11 is 0. The molecule has 0 bridgehead atoms. The standard InChI is InChI=1S/C19H35NO3/c1-4-6-8-10-11-12-14-16-20(17(3)19(22)23)18(21)15-13-9-7-5-2/h13,15,17H,4-12,14,16H2,1-3H3,(H,22,23)/b15-13+/t17-/m0/s1. The third-order valence-electron chi connectivity index (χ3n) is 4.10. The van der Waals surface area contributed by atoms with Crippen LogP contribution in [0.1, 0.15) is 85.0 Å². The molecule has 0 heterocycles. The molecule has 0 fully saturated rings. The molecule has 134 valence electrons. The lowest BCUT2D eigenvalue weighted by Crippen LogP contribution is -2.43. The van der Waals surface area contributed by atoms with Gasteiger partial charge in [0, 0.05) is 6.54 Å². The third-order valence-corrected chi connectivity index (χ3v) is 4.10. The van der Waals surface area contributed by atoms with Crippen molar-refractivity contribution in [2.24, 2.45) is 0 Å². The zero-order chi connectivity index (χ0) is 17.5. The molecule has 4 heteroatoms. The summed E-state index contributed by atoms with van der Waals surface area (Å²) in [5, 5.41) is 9.19. The molecule has 0 aromatic rings. The van der Waals surface area contributed by atoms with Crippen LogP contribution in [0.2, 0.25) is 0 Å². The Morgan fingerprint density at radius 3 is 2.09 bits per heavy atom. The first-order valence-corrected chi connectivity index (χ1v) is 9.24. The Hall–Kier alpha value is -1.32. The van der Waals surface area contributed by atoms with E-state index in [-0.39, 0.29) is 5.91 Å². The van der Waals surface area contributed by atoms with Gasteiger partial charge in [-0.3, -0.25) is 4.79 Å². The summed E-state index contributed by atoms with van der Waals surface area (Å²) in [5.74, 6) is -1.12. The van der Waals surface area contributed by atoms with Crippen molar-refractivity contribution in [3.63, 3.8) is 0 Å². The van der Waals surface area contributed by atoms with E-state index in [0.29, 0.717) is 6.54 Å². The highest BCUT2D eigenvalue weighted by Crippen LogP contribution is 2.10. The Morgan fingerprint density at radius 1 is 0.957 bits per heavy atom. The van der Waals surface area contributed by atoms with Crippen molar-refractivity contribution in [1.29, 1.82) is 0 Å². The molecule has 0 aliphatic rings. The minimum atomic E-state index is -0.941. The average Bonchev–Trinajstić information content (AvgIpc) is 2.53. The van der Waals surface area contributed by atoms with Gasteiger partial charge in [0.25, 0.3) is 0 Å². The largest absolute Gasteiger partial charge is 0.480 e. The molecule has 1 atom stereocenters. The number of allylic oxidation sites excluding steroid dienone is 1. The molecule has 0 aliphatic heterocycles. The number of hydrogen-bond donors (Lipinski definition) is 1. The van der Waals surface area contributed by atoms with E-state index in [1.807, 2.05) is 6.08 Å². The number of carboxylic acid groups (broad SMARTS) is 1. The number of nitrogens with zero attached hydrogens (tertiary/aromatic N) is 1. The zero-order valence-electron chi connectivity index (χ0n) is 15.2. The van der Waals surface area contributed by atoms with Crippen molar-refractivity contribution in [2.75, 3.05) is 6.54 Å². The normalized spacial score (nSPS) is 12.5. The lowest BCUT2D eigenvalue weighted by molar-refractivity contribution is -0.147. The van der Waals surface area contributed by atoms with Crippen LogP contribution in [-0.2, 0) is 9.59 Å². The van der Waals surface area contributed by atoms with E-state index in [0.717, 1.165) is 38.5 Å². The van der Waals surface area contributed by atoms with E-state index in [1.165, 1.54) is 36.7 Å². The van der Waals surface area contributed by atoms with Gasteiger partial charge in [0.05, 0.1) is 0 Å². The van der Waals surface area contributed by atoms with E-state index < -0.39 is 12.0 Å². The van der Waals surface area contributed by atoms with Crippen molar-refractivity contribution in [2.45, 2.75) is 91.0 Å². The Balaban J connectivity index is 4.27. The van der Waals surface area contributed by atoms with E-state index in [9.17, 15) is 14.7 Å². The molecule has 0 aromatic heterocycles. The number of hydrogen-bond acceptors (Lipinski definition) is 2. The minimum Gasteiger partial charge on any atom is -0.480 e. The summed E-state index contributed by atoms with van der Waals surface area (Å²) in [6.45, 7) is 6.42. The van der Waals surface area contributed by atoms with Gasteiger partial charge < -0.3 is 10.0 Å². The van der Waals surface area contributed by atoms with Crippen LogP contribution in [0.15, 0.2) is 12.2 Å². The van der Waals surface area contributed by atoms with Gasteiger partial charge >= 0.3 is 5.97 Å². The van der Waals surface area contributed by atoms with E-state index >= 15 is 0 Å². The van der Waals surface area contributed by atoms with Gasteiger partial charge in [-0.05, 0) is 25.8 Å². The monoisotopic (exact) mass is 325 g/mol. The molecule has 0 rings (SSSR count). The average molecular weight is 325 g/mol. The molecule has 1 N–H and O–H groups in total. The van der Waals surface area contributed by atoms with Crippen LogP contribution < -0.4 is 0 Å². The summed E-state index contributed by atoms with van der Waals surface area (Å²) in [6, 6.07) is -0.765. The number of amides is 1. The Labute approximate surface area is 141 Å². The first kappa shape index (κ1) is 21.7. The second-order valence-corrected chi connectivity index (χ2v) is 6.21. The second-order valence-electron chi connectivity index (χ2n) is 6.21. The van der Waals surface area contributed by atoms with Crippen molar-refractivity contribution in [3.8, 4) is 0 Å². The van der Waals surface area contributed by atoms with Crippen LogP contribution >= 0.6 is 0 Å². The summed E-state index contributed by atoms with van der Waals surface area (Å²) in [4.78, 5) is 24.9. The highest BCUT2D eigenvalue weighted by molar-refractivity contribution is 5.91. The van der Waals surface area contributed by atoms with Gasteiger partial charge in [-0.15, -0.1) is 0 Å². The molecule has 0 saturated carbocycles. The molecule has 4 nitrogen and oxygen atoms in total. The highest BCUT2D eigenvalue weighted by Gasteiger charge is 2.23. The lowest BCUT2D eigenvalue weighted by atomic mass is 10.1. The number of rotatable bonds is 14. The van der Waals surface area contributed by atoms with Gasteiger partial charge in [0.1, 0.15) is 6.04 Å². The molecule has 0 spiro atoms. The molecule has 0 saturated heterocycles. The van der Waals surface area contributed by atoms with Gasteiger partial charge in [-0.25, -0.2) is 4.79 Å². The molecule has 0 aliphatic carbocycles. The topological polar surface area (TPSA) is 57.6 Å². The zero-order valence-corrected chi connectivity index (χ0v) is 15.2. The van der Waals surface area contributed by atoms with Crippen molar-refractivity contribution in [1.82, 2.24) is 4.90 Å². The third kappa shape index (κ3) is 10.9. The molecular weight excluding hydrogens is 290 g/mol. The maximum Gasteiger partial charge on any atom is 0.326 e. The van der Waals surface area contributed by atoms with Crippen molar-refractivity contribution in [3.05, 3.63) is 12.2 Å². The van der Waals surface area contributed by atoms with Crippen LogP contribution in [0.5, 0.6) is 0 Å². The fourth-order valence-electron chi connectivity index (χ4n) is 2.47. The van der Waals surface area contributed by atoms with Crippen LogP contribution in [0, 0.1) is 0 Å². The number of carbonyl (C=O) groups excluding carboxylic acids is 1. The fraction of sp³-hybridized carbons (Fsp3) is 0.789. The first-order chi connectivity index (χ1) is 11.0. The fourth-order valence-corrected chi connectivity index (χ4v) is 2.47. The van der Waals surface area contributed by atoms with Crippen LogP contribution in [0.25, 0.3) is 0 Å². The second kappa shape index (κ2) is 14.3. The van der Waals surface area contributed by atoms with Crippen LogP contribution in [-0.4, -0.2) is 34.5 Å². The van der Waals surface area contributed by atoms with E-state index in [2.05, 4.69) is 13.8 Å². The predicted octanol–water partition coefficient (Wildman–Crippen LogP) is 4.79. The molecule has 23 heavy (non-hydrogen) atoms. The Bertz CT molecular complexity index is 353. The van der Waals surface area contributed by atoms with E-state index in [4.69, 9.17) is 0 Å². The first-order valence-electron chi connectivity index (χ1n) is 9.24. The number of carbonyl (C=O) groups is 2. The van der Waals surface area contributed by atoms with Crippen molar-refractivity contribution < 1.29 is 14.7 Å². The van der Waals surface area contributed by atoms with E-state index in [1.54, 1.807) is 6.92 Å². The summed E-state index contributed by atoms with van der Waals surface area (Å²) in [7, 11) is 0. The maximum atomic E-state index is 12.2. The van der Waals surface area contributed by atoms with Crippen LogP contribution in [0.4, 0.5) is 0 Å². The van der Waals surface area contributed by atoms with Gasteiger partial charge in [-0.1, -0.05) is 71.3 Å². The summed E-state index contributed by atoms with van der Waals surface area (Å²) < 4.78 is 0. The SMILES string of the molecule is CCCC/C=C/C(=O)N(CCCCCCCCC)[C@@H](C)C(=O)O. The smallest absolute Gasteiger partial charge is 0.326 e. The maximum absolute atomic E-state index is 12.2. The van der Waals surface area contributed by atoms with Crippen molar-refractivity contribution >= 4 is 11.9 Å². The van der Waals surface area contributed by atoms with Gasteiger partial charge in [-0.2, -0.15) is 0 Å². The number of aliphatic carboxylic acids is 1. The minimum absolute atomic E-state index is 0.179. The van der Waals surface area contributed by atoms with Crippen LogP contribution in [0.3, 0.4) is 0 Å². The Morgan fingerprint density at radius 2 is 1.52 bits per heavy atom. The molecule has 0 aromatic carbocycles. The molecule has 0 radical (unpaired) electrons. The summed E-state index contributed by atoms with van der Waals surface area (Å²) in [5.41, 5.74) is 0. The molecular formula is C19H35NO3. The van der Waals surface area contributed by atoms with Gasteiger partial charge in [0.15, 0.2) is 0 Å². The Kier molecular flexibility index (Phi) is 13.5.